The predicted octanol–water partition coefficient (Wildman–Crippen LogP) is 1.43. The smallest absolute Gasteiger partial charge is 0.244 e. The third-order valence-electron chi connectivity index (χ3n) is 2.86. The maximum absolute atomic E-state index is 13.5. The van der Waals surface area contributed by atoms with E-state index in [4.69, 9.17) is 0 Å². The molecule has 0 bridgehead atoms. The first-order valence-electron chi connectivity index (χ1n) is 5.18. The Labute approximate surface area is 96.2 Å². The Bertz CT molecular complexity index is 464. The summed E-state index contributed by atoms with van der Waals surface area (Å²) in [5.74, 6) is -4.47. The number of rotatable bonds is 2. The van der Waals surface area contributed by atoms with E-state index in [0.717, 1.165) is 17.0 Å². The maximum atomic E-state index is 13.5. The zero-order valence-corrected chi connectivity index (χ0v) is 9.14. The normalized spacial score (nSPS) is 20.1. The van der Waals surface area contributed by atoms with Crippen molar-refractivity contribution < 1.29 is 18.0 Å². The molecule has 0 radical (unpaired) electrons. The van der Waals surface area contributed by atoms with Crippen molar-refractivity contribution >= 4 is 11.6 Å². The first-order chi connectivity index (χ1) is 8.06. The quantitative estimate of drug-likeness (QED) is 0.798. The number of anilines is 1. The summed E-state index contributed by atoms with van der Waals surface area (Å²) in [6.45, 7) is 0.284. The van der Waals surface area contributed by atoms with Gasteiger partial charge in [0.05, 0.1) is 11.7 Å². The Hall–Kier alpha value is -1.56. The van der Waals surface area contributed by atoms with Crippen molar-refractivity contribution in [3.63, 3.8) is 0 Å². The van der Waals surface area contributed by atoms with Crippen molar-refractivity contribution in [1.82, 2.24) is 5.32 Å². The maximum Gasteiger partial charge on any atom is 0.244 e. The number of halogens is 3. The lowest BCUT2D eigenvalue weighted by atomic mass is 10.2. The Morgan fingerprint density at radius 2 is 2.00 bits per heavy atom. The average Bonchev–Trinajstić information content (AvgIpc) is 2.68. The zero-order chi connectivity index (χ0) is 12.6. The summed E-state index contributed by atoms with van der Waals surface area (Å²) in [5.41, 5.74) is -0.216. The van der Waals surface area contributed by atoms with Crippen LogP contribution in [-0.2, 0) is 4.79 Å². The number of carbonyl (C=O) groups is 1. The molecule has 2 rings (SSSR count). The summed E-state index contributed by atoms with van der Waals surface area (Å²) in [6, 6.07) is 1.49. The molecule has 1 heterocycles. The molecule has 1 saturated heterocycles. The largest absolute Gasteiger partial charge is 0.309 e. The van der Waals surface area contributed by atoms with Gasteiger partial charge in [0.2, 0.25) is 5.91 Å². The van der Waals surface area contributed by atoms with E-state index < -0.39 is 23.5 Å². The Kier molecular flexibility index (Phi) is 3.06. The fourth-order valence-electron chi connectivity index (χ4n) is 1.91. The molecule has 0 saturated carbocycles. The van der Waals surface area contributed by atoms with Gasteiger partial charge in [-0.2, -0.15) is 0 Å². The van der Waals surface area contributed by atoms with E-state index in [1.807, 2.05) is 0 Å². The monoisotopic (exact) mass is 244 g/mol. The van der Waals surface area contributed by atoms with Crippen LogP contribution in [0, 0.1) is 17.5 Å². The van der Waals surface area contributed by atoms with Crippen LogP contribution in [0.2, 0.25) is 0 Å². The summed E-state index contributed by atoms with van der Waals surface area (Å²) in [6.07, 6.45) is 0.508. The fraction of sp³-hybridized carbons (Fsp3) is 0.364. The molecule has 92 valence electrons. The highest BCUT2D eigenvalue weighted by atomic mass is 19.2. The van der Waals surface area contributed by atoms with Crippen molar-refractivity contribution in [3.05, 3.63) is 29.6 Å². The number of hydrogen-bond acceptors (Lipinski definition) is 2. The third kappa shape index (κ3) is 1.88. The Morgan fingerprint density at radius 1 is 1.29 bits per heavy atom. The third-order valence-corrected chi connectivity index (χ3v) is 2.86. The van der Waals surface area contributed by atoms with Crippen LogP contribution in [-0.4, -0.2) is 25.5 Å². The topological polar surface area (TPSA) is 32.3 Å². The second-order valence-electron chi connectivity index (χ2n) is 3.81. The highest BCUT2D eigenvalue weighted by Crippen LogP contribution is 2.27. The number of amides is 1. The molecule has 1 aromatic carbocycles. The molecule has 0 spiro atoms. The number of nitrogens with one attached hydrogen (secondary N) is 1. The van der Waals surface area contributed by atoms with E-state index in [1.165, 1.54) is 0 Å². The van der Waals surface area contributed by atoms with Crippen molar-refractivity contribution in [2.45, 2.75) is 12.5 Å². The van der Waals surface area contributed by atoms with Crippen molar-refractivity contribution in [2.24, 2.45) is 0 Å². The number of nitrogens with zero attached hydrogens (tertiary/aromatic N) is 1. The van der Waals surface area contributed by atoms with Crippen molar-refractivity contribution in [3.8, 4) is 0 Å². The molecule has 1 aliphatic rings. The second kappa shape index (κ2) is 4.37. The molecule has 3 nitrogen and oxygen atoms in total. The molecule has 0 aliphatic carbocycles. The summed E-state index contributed by atoms with van der Waals surface area (Å²) in [5, 5.41) is 2.78. The second-order valence-corrected chi connectivity index (χ2v) is 3.81. The molecule has 6 heteroatoms. The molecule has 1 atom stereocenters. The summed E-state index contributed by atoms with van der Waals surface area (Å²) in [4.78, 5) is 12.9. The first kappa shape index (κ1) is 11.9. The zero-order valence-electron chi connectivity index (χ0n) is 9.14. The molecule has 1 unspecified atom stereocenters. The van der Waals surface area contributed by atoms with Gasteiger partial charge in [-0.1, -0.05) is 0 Å². The van der Waals surface area contributed by atoms with Gasteiger partial charge in [-0.25, -0.2) is 13.2 Å². The van der Waals surface area contributed by atoms with E-state index in [-0.39, 0.29) is 18.1 Å². The summed E-state index contributed by atoms with van der Waals surface area (Å²) >= 11 is 0. The van der Waals surface area contributed by atoms with Gasteiger partial charge in [0.25, 0.3) is 0 Å². The van der Waals surface area contributed by atoms with Gasteiger partial charge in [0.1, 0.15) is 0 Å². The highest BCUT2D eigenvalue weighted by Gasteiger charge is 2.33. The first-order valence-corrected chi connectivity index (χ1v) is 5.18. The van der Waals surface area contributed by atoms with Crippen LogP contribution in [0.5, 0.6) is 0 Å². The van der Waals surface area contributed by atoms with E-state index in [1.54, 1.807) is 7.05 Å². The molecular weight excluding hydrogens is 233 g/mol. The van der Waals surface area contributed by atoms with E-state index in [0.29, 0.717) is 6.42 Å². The predicted molar refractivity (Wildman–Crippen MR) is 56.1 cm³/mol. The van der Waals surface area contributed by atoms with Gasteiger partial charge in [0, 0.05) is 6.54 Å². The van der Waals surface area contributed by atoms with Crippen LogP contribution in [0.3, 0.4) is 0 Å². The van der Waals surface area contributed by atoms with Gasteiger partial charge < -0.3 is 10.2 Å². The lowest BCUT2D eigenvalue weighted by Gasteiger charge is -2.17. The van der Waals surface area contributed by atoms with Crippen LogP contribution >= 0.6 is 0 Å². The molecule has 17 heavy (non-hydrogen) atoms. The molecule has 1 aliphatic heterocycles. The van der Waals surface area contributed by atoms with Gasteiger partial charge >= 0.3 is 0 Å². The minimum Gasteiger partial charge on any atom is -0.309 e. The van der Waals surface area contributed by atoms with Crippen LogP contribution in [0.15, 0.2) is 12.1 Å². The van der Waals surface area contributed by atoms with E-state index in [2.05, 4.69) is 5.32 Å². The SMILES string of the molecule is CNC1CCN(c2ccc(F)c(F)c2F)C1=O. The number of hydrogen-bond donors (Lipinski definition) is 1. The van der Waals surface area contributed by atoms with Crippen molar-refractivity contribution in [1.29, 1.82) is 0 Å². The van der Waals surface area contributed by atoms with Crippen LogP contribution in [0.1, 0.15) is 6.42 Å². The molecule has 1 fully saturated rings. The lowest BCUT2D eigenvalue weighted by molar-refractivity contribution is -0.118. The van der Waals surface area contributed by atoms with Gasteiger partial charge in [-0.05, 0) is 25.6 Å². The molecule has 1 N–H and O–H groups in total. The standard InChI is InChI=1S/C11H11F3N2O/c1-15-7-4-5-16(11(7)17)8-3-2-6(12)9(13)10(8)14/h2-3,7,15H,4-5H2,1H3. The average molecular weight is 244 g/mol. The summed E-state index contributed by atoms with van der Waals surface area (Å²) < 4.78 is 39.3. The molecule has 1 amide bonds. The van der Waals surface area contributed by atoms with E-state index in [9.17, 15) is 18.0 Å². The molecule has 0 aromatic heterocycles. The van der Waals surface area contributed by atoms with Gasteiger partial charge in [-0.3, -0.25) is 4.79 Å². The molecule has 1 aromatic rings. The highest BCUT2D eigenvalue weighted by molar-refractivity contribution is 5.99. The van der Waals surface area contributed by atoms with E-state index >= 15 is 0 Å². The van der Waals surface area contributed by atoms with Crippen LogP contribution in [0.4, 0.5) is 18.9 Å². The minimum absolute atomic E-state index is 0.216. The Balaban J connectivity index is 2.36. The number of benzene rings is 1. The number of carbonyl (C=O) groups excluding carboxylic acids is 1. The Morgan fingerprint density at radius 3 is 2.59 bits per heavy atom. The van der Waals surface area contributed by atoms with Gasteiger partial charge in [-0.15, -0.1) is 0 Å². The lowest BCUT2D eigenvalue weighted by Crippen LogP contribution is -2.36. The summed E-state index contributed by atoms with van der Waals surface area (Å²) in [7, 11) is 1.62. The molecular formula is C11H11F3N2O. The van der Waals surface area contributed by atoms with Crippen molar-refractivity contribution in [2.75, 3.05) is 18.5 Å². The minimum atomic E-state index is -1.55. The van der Waals surface area contributed by atoms with Gasteiger partial charge in [0.15, 0.2) is 17.5 Å². The fourth-order valence-corrected chi connectivity index (χ4v) is 1.91. The van der Waals surface area contributed by atoms with Crippen LogP contribution < -0.4 is 10.2 Å². The number of likely N-dealkylation sites (N-methyl/N-ethyl adjacent to an activating group) is 1. The van der Waals surface area contributed by atoms with Crippen LogP contribution in [0.25, 0.3) is 0 Å².